The van der Waals surface area contributed by atoms with Crippen LogP contribution in [0, 0.1) is 0 Å². The Morgan fingerprint density at radius 3 is 0.938 bits per heavy atom. The van der Waals surface area contributed by atoms with E-state index in [1.165, 1.54) is 0 Å². The maximum atomic E-state index is 2.36. The van der Waals surface area contributed by atoms with E-state index in [9.17, 15) is 0 Å². The standard InChI is InChI=1S/2C13H22P.Fe.2HI.Pd/c2*1-12(2,3)14(13(4,5)6)11-9-7-8-10-11;;;;/h2*7-10H,1-6H3;;2*1H;/q2*-1;+2;;;+2/p-2. The van der Waals surface area contributed by atoms with Crippen molar-refractivity contribution < 1.29 is 27.8 Å². The summed E-state index contributed by atoms with van der Waals surface area (Å²) in [7, 11) is 0.688. The van der Waals surface area contributed by atoms with Crippen LogP contribution in [0.3, 0.4) is 0 Å². The first-order valence-electron chi connectivity index (χ1n) is 10.7. The average Bonchev–Trinajstić information content (AvgIpc) is 3.16. The normalized spacial score (nSPS) is 12.6. The Balaban J connectivity index is 0. The predicted octanol–water partition coefficient (Wildman–Crippen LogP) is 9.99. The van der Waals surface area contributed by atoms with E-state index in [1.54, 1.807) is 10.6 Å². The van der Waals surface area contributed by atoms with Gasteiger partial charge >= 0.3 is 66.8 Å². The van der Waals surface area contributed by atoms with E-state index in [0.29, 0.717) is 20.6 Å². The van der Waals surface area contributed by atoms with E-state index in [2.05, 4.69) is 171 Å². The summed E-state index contributed by atoms with van der Waals surface area (Å²) in [5.41, 5.74) is 0. The van der Waals surface area contributed by atoms with Crippen LogP contribution in [0.25, 0.3) is 0 Å². The Morgan fingerprint density at radius 2 is 0.812 bits per heavy atom. The van der Waals surface area contributed by atoms with Crippen molar-refractivity contribution in [2.75, 3.05) is 0 Å². The molecule has 0 spiro atoms. The molecule has 0 N–H and O–H groups in total. The van der Waals surface area contributed by atoms with E-state index < -0.39 is 0 Å². The van der Waals surface area contributed by atoms with Crippen molar-refractivity contribution in [1.82, 2.24) is 0 Å². The SMILES string of the molecule is CC(C)(C)P(c1ccc[cH-]1)C(C)(C)C.CC(C)(C)P(c1ccc[cH-]1)C(C)(C)C.[Fe+2].[I][Pd][I]. The molecule has 2 aromatic carbocycles. The Labute approximate surface area is 242 Å². The van der Waals surface area contributed by atoms with Gasteiger partial charge in [-0.1, -0.05) is 98.9 Å². The molecular weight excluding hydrogens is 790 g/mol. The summed E-state index contributed by atoms with van der Waals surface area (Å²) in [5.74, 6) is 0. The molecule has 0 saturated heterocycles. The second kappa shape index (κ2) is 15.5. The minimum absolute atomic E-state index is 0. The predicted molar refractivity (Wildman–Crippen MR) is 164 cm³/mol. The Morgan fingerprint density at radius 1 is 0.594 bits per heavy atom. The molecule has 0 radical (unpaired) electrons. The van der Waals surface area contributed by atoms with E-state index in [4.69, 9.17) is 0 Å². The number of hydrogen-bond donors (Lipinski definition) is 0. The summed E-state index contributed by atoms with van der Waals surface area (Å²) in [6.07, 6.45) is 0. The van der Waals surface area contributed by atoms with Crippen molar-refractivity contribution in [2.45, 2.75) is 104 Å². The fourth-order valence-corrected chi connectivity index (χ4v) is 12.7. The first-order chi connectivity index (χ1) is 13.9. The van der Waals surface area contributed by atoms with Crippen LogP contribution >= 0.6 is 54.9 Å². The third-order valence-corrected chi connectivity index (χ3v) is 11.5. The molecule has 0 atom stereocenters. The van der Waals surface area contributed by atoms with Gasteiger partial charge in [-0.2, -0.15) is 24.3 Å². The quantitative estimate of drug-likeness (QED) is 0.122. The van der Waals surface area contributed by atoms with Gasteiger partial charge in [-0.15, -0.1) is 10.6 Å². The number of rotatable bonds is 2. The van der Waals surface area contributed by atoms with Crippen LogP contribution in [0.1, 0.15) is 83.1 Å². The fourth-order valence-electron chi connectivity index (χ4n) is 4.59. The summed E-state index contributed by atoms with van der Waals surface area (Å²) >= 11 is 4.65. The summed E-state index contributed by atoms with van der Waals surface area (Å²) in [4.78, 5) is 0. The summed E-state index contributed by atoms with van der Waals surface area (Å²) in [6, 6.07) is 17.7. The molecular formula is C26H44FeI2P2Pd. The molecule has 0 aliphatic carbocycles. The Kier molecular flexibility index (Phi) is 17.6. The van der Waals surface area contributed by atoms with Crippen LogP contribution in [0.15, 0.2) is 48.5 Å². The molecule has 0 bridgehead atoms. The van der Waals surface area contributed by atoms with Crippen LogP contribution in [-0.4, -0.2) is 20.6 Å². The molecule has 0 heterocycles. The molecule has 190 valence electrons. The van der Waals surface area contributed by atoms with Gasteiger partial charge in [0.1, 0.15) is 0 Å². The second-order valence-corrected chi connectivity index (χ2v) is 31.4. The minimum atomic E-state index is -0.101. The van der Waals surface area contributed by atoms with Gasteiger partial charge in [0.15, 0.2) is 0 Å². The van der Waals surface area contributed by atoms with Gasteiger partial charge < -0.3 is 0 Å². The zero-order valence-electron chi connectivity index (χ0n) is 21.9. The van der Waals surface area contributed by atoms with Gasteiger partial charge in [0.2, 0.25) is 0 Å². The van der Waals surface area contributed by atoms with Crippen LogP contribution in [0.2, 0.25) is 0 Å². The number of halogens is 2. The number of hydrogen-bond acceptors (Lipinski definition) is 0. The third kappa shape index (κ3) is 13.5. The van der Waals surface area contributed by atoms with Gasteiger partial charge in [0.25, 0.3) is 0 Å². The Bertz CT molecular complexity index is 611. The molecule has 0 saturated carbocycles. The summed E-state index contributed by atoms with van der Waals surface area (Å²) < 4.78 is 0. The third-order valence-electron chi connectivity index (χ3n) is 4.49. The molecule has 0 aromatic heterocycles. The fraction of sp³-hybridized carbons (Fsp3) is 0.615. The molecule has 0 aliphatic heterocycles. The first kappa shape index (κ1) is 36.4. The summed E-state index contributed by atoms with van der Waals surface area (Å²) in [6.45, 7) is 28.3. The molecule has 0 nitrogen and oxygen atoms in total. The zero-order valence-corrected chi connectivity index (χ0v) is 30.7. The van der Waals surface area contributed by atoms with E-state index in [1.807, 2.05) is 0 Å². The second-order valence-electron chi connectivity index (χ2n) is 11.7. The van der Waals surface area contributed by atoms with Crippen molar-refractivity contribution >= 4 is 65.5 Å². The summed E-state index contributed by atoms with van der Waals surface area (Å²) in [5, 5.41) is 4.65. The van der Waals surface area contributed by atoms with Crippen LogP contribution in [0.5, 0.6) is 0 Å². The average molecular weight is 835 g/mol. The topological polar surface area (TPSA) is 0 Å². The molecule has 2 aromatic rings. The van der Waals surface area contributed by atoms with Gasteiger partial charge in [0.05, 0.1) is 0 Å². The van der Waals surface area contributed by atoms with Crippen molar-refractivity contribution in [2.24, 2.45) is 0 Å². The van der Waals surface area contributed by atoms with Gasteiger partial charge in [-0.3, -0.25) is 0 Å². The maximum absolute atomic E-state index is 2.36. The molecule has 6 heteroatoms. The van der Waals surface area contributed by atoms with Gasteiger partial charge in [0, 0.05) is 0 Å². The monoisotopic (exact) mass is 834 g/mol. The molecule has 0 amide bonds. The van der Waals surface area contributed by atoms with Gasteiger partial charge in [-0.05, 0) is 20.6 Å². The van der Waals surface area contributed by atoms with Crippen molar-refractivity contribution in [3.05, 3.63) is 48.5 Å². The molecule has 0 unspecified atom stereocenters. The van der Waals surface area contributed by atoms with Crippen LogP contribution < -0.4 is 10.6 Å². The van der Waals surface area contributed by atoms with Crippen molar-refractivity contribution in [1.29, 1.82) is 0 Å². The molecule has 0 aliphatic rings. The van der Waals surface area contributed by atoms with Gasteiger partial charge in [-0.25, -0.2) is 24.3 Å². The first-order valence-corrected chi connectivity index (χ1v) is 22.7. The van der Waals surface area contributed by atoms with E-state index in [-0.39, 0.29) is 32.9 Å². The molecule has 32 heavy (non-hydrogen) atoms. The van der Waals surface area contributed by atoms with Crippen molar-refractivity contribution in [3.63, 3.8) is 0 Å². The van der Waals surface area contributed by atoms with Crippen LogP contribution in [0.4, 0.5) is 0 Å². The zero-order chi connectivity index (χ0) is 24.7. The molecule has 2 rings (SSSR count). The van der Waals surface area contributed by atoms with Crippen LogP contribution in [-0.2, 0) is 27.8 Å². The molecule has 0 fully saturated rings. The Hall–Kier alpha value is 2.20. The van der Waals surface area contributed by atoms with Crippen molar-refractivity contribution in [3.8, 4) is 0 Å². The van der Waals surface area contributed by atoms with E-state index in [0.717, 1.165) is 10.8 Å². The van der Waals surface area contributed by atoms with E-state index >= 15 is 0 Å².